The van der Waals surface area contributed by atoms with Crippen LogP contribution in [0, 0.1) is 6.92 Å². The van der Waals surface area contributed by atoms with E-state index in [9.17, 15) is 13.2 Å². The summed E-state index contributed by atoms with van der Waals surface area (Å²) < 4.78 is 37.9. The fourth-order valence-electron chi connectivity index (χ4n) is 2.97. The van der Waals surface area contributed by atoms with Gasteiger partial charge < -0.3 is 14.8 Å². The molecule has 8 heteroatoms. The van der Waals surface area contributed by atoms with Crippen LogP contribution in [0.4, 0.5) is 11.4 Å². The Labute approximate surface area is 188 Å². The van der Waals surface area contributed by atoms with E-state index in [1.165, 1.54) is 23.5 Å². The highest BCUT2D eigenvalue weighted by Crippen LogP contribution is 2.25. The van der Waals surface area contributed by atoms with Gasteiger partial charge in [-0.1, -0.05) is 18.2 Å². The van der Waals surface area contributed by atoms with Gasteiger partial charge in [0.15, 0.2) is 6.61 Å². The second-order valence-corrected chi connectivity index (χ2v) is 8.99. The summed E-state index contributed by atoms with van der Waals surface area (Å²) in [7, 11) is -2.24. The van der Waals surface area contributed by atoms with Crippen molar-refractivity contribution in [1.82, 2.24) is 0 Å². The second-order valence-electron chi connectivity index (χ2n) is 7.02. The van der Waals surface area contributed by atoms with Gasteiger partial charge in [0.2, 0.25) is 0 Å². The third-order valence-corrected chi connectivity index (χ3v) is 6.58. The number of ether oxygens (including phenoxy) is 2. The molecule has 3 rings (SSSR count). The molecule has 3 aromatic carbocycles. The van der Waals surface area contributed by atoms with Gasteiger partial charge in [0, 0.05) is 12.7 Å². The predicted molar refractivity (Wildman–Crippen MR) is 125 cm³/mol. The molecule has 0 aromatic heterocycles. The summed E-state index contributed by atoms with van der Waals surface area (Å²) in [5, 5.41) is 2.80. The molecule has 0 saturated carbocycles. The molecule has 7 nitrogen and oxygen atoms in total. The lowest BCUT2D eigenvalue weighted by Gasteiger charge is -2.20. The van der Waals surface area contributed by atoms with E-state index in [0.29, 0.717) is 23.8 Å². The summed E-state index contributed by atoms with van der Waals surface area (Å²) in [5.74, 6) is 0.793. The van der Waals surface area contributed by atoms with Crippen LogP contribution in [0.1, 0.15) is 12.5 Å². The molecule has 3 aromatic rings. The maximum atomic E-state index is 12.9. The van der Waals surface area contributed by atoms with E-state index >= 15 is 0 Å². The average Bonchev–Trinajstić information content (AvgIpc) is 2.80. The normalized spacial score (nSPS) is 11.0. The number of carbonyl (C=O) groups excluding carboxylic acids is 1. The Hall–Kier alpha value is -3.52. The van der Waals surface area contributed by atoms with E-state index in [0.717, 1.165) is 11.3 Å². The quantitative estimate of drug-likeness (QED) is 0.523. The van der Waals surface area contributed by atoms with Crippen LogP contribution in [0.15, 0.2) is 77.7 Å². The van der Waals surface area contributed by atoms with Gasteiger partial charge >= 0.3 is 0 Å². The molecule has 0 radical (unpaired) electrons. The molecule has 168 valence electrons. The minimum absolute atomic E-state index is 0.159. The first-order valence-corrected chi connectivity index (χ1v) is 11.6. The number of rotatable bonds is 9. The Balaban J connectivity index is 1.61. The first kappa shape index (κ1) is 23.1. The van der Waals surface area contributed by atoms with E-state index in [1.54, 1.807) is 36.4 Å². The molecule has 32 heavy (non-hydrogen) atoms. The monoisotopic (exact) mass is 454 g/mol. The first-order valence-electron chi connectivity index (χ1n) is 10.1. The molecular formula is C24H26N2O5S. The summed E-state index contributed by atoms with van der Waals surface area (Å²) >= 11 is 0. The van der Waals surface area contributed by atoms with Crippen molar-refractivity contribution < 1.29 is 22.7 Å². The number of nitrogens with one attached hydrogen (secondary N) is 1. The molecule has 0 bridgehead atoms. The number of para-hydroxylation sites is 1. The minimum atomic E-state index is -3.73. The van der Waals surface area contributed by atoms with Crippen LogP contribution >= 0.6 is 0 Å². The lowest BCUT2D eigenvalue weighted by molar-refractivity contribution is -0.118. The summed E-state index contributed by atoms with van der Waals surface area (Å²) in [6.07, 6.45) is 0. The van der Waals surface area contributed by atoms with E-state index in [-0.39, 0.29) is 17.4 Å². The summed E-state index contributed by atoms with van der Waals surface area (Å²) in [6, 6.07) is 20.3. The van der Waals surface area contributed by atoms with Crippen molar-refractivity contribution >= 4 is 27.3 Å². The largest absolute Gasteiger partial charge is 0.494 e. The second kappa shape index (κ2) is 10.2. The zero-order chi connectivity index (χ0) is 23.1. The standard InChI is InChI=1S/C24H26N2O5S/c1-4-30-20-13-15-22(16-14-20)32(28,29)26(3)19-9-11-21(12-10-19)31-17-24(27)25-23-8-6-5-7-18(23)2/h5-16H,4,17H2,1-3H3,(H,25,27). The zero-order valence-corrected chi connectivity index (χ0v) is 19.1. The number of anilines is 2. The van der Waals surface area contributed by atoms with Crippen LogP contribution in [0.3, 0.4) is 0 Å². The maximum absolute atomic E-state index is 12.9. The molecular weight excluding hydrogens is 428 g/mol. The fourth-order valence-corrected chi connectivity index (χ4v) is 4.17. The lowest BCUT2D eigenvalue weighted by Crippen LogP contribution is -2.26. The minimum Gasteiger partial charge on any atom is -0.494 e. The molecule has 1 amide bonds. The average molecular weight is 455 g/mol. The molecule has 0 heterocycles. The van der Waals surface area contributed by atoms with Crippen LogP contribution in [-0.4, -0.2) is 34.6 Å². The van der Waals surface area contributed by atoms with Crippen molar-refractivity contribution in [2.24, 2.45) is 0 Å². The lowest BCUT2D eigenvalue weighted by atomic mass is 10.2. The number of hydrogen-bond donors (Lipinski definition) is 1. The fraction of sp³-hybridized carbons (Fsp3) is 0.208. The molecule has 0 atom stereocenters. The topological polar surface area (TPSA) is 84.9 Å². The van der Waals surface area contributed by atoms with Crippen molar-refractivity contribution in [2.75, 3.05) is 29.9 Å². The summed E-state index contributed by atoms with van der Waals surface area (Å²) in [4.78, 5) is 12.3. The summed E-state index contributed by atoms with van der Waals surface area (Å²) in [6.45, 7) is 4.12. The molecule has 0 aliphatic carbocycles. The van der Waals surface area contributed by atoms with Gasteiger partial charge in [-0.25, -0.2) is 8.42 Å². The third kappa shape index (κ3) is 5.59. The highest BCUT2D eigenvalue weighted by atomic mass is 32.2. The number of benzene rings is 3. The molecule has 1 N–H and O–H groups in total. The third-order valence-electron chi connectivity index (χ3n) is 4.78. The van der Waals surface area contributed by atoms with E-state index < -0.39 is 10.0 Å². The first-order chi connectivity index (χ1) is 15.3. The molecule has 0 spiro atoms. The van der Waals surface area contributed by atoms with Gasteiger partial charge in [0.05, 0.1) is 17.2 Å². The SMILES string of the molecule is CCOc1ccc(S(=O)(=O)N(C)c2ccc(OCC(=O)Nc3ccccc3C)cc2)cc1. The van der Waals surface area contributed by atoms with Crippen LogP contribution in [0.2, 0.25) is 0 Å². The Bertz CT molecular complexity index is 1160. The van der Waals surface area contributed by atoms with Gasteiger partial charge in [-0.05, 0) is 74.0 Å². The van der Waals surface area contributed by atoms with Gasteiger partial charge in [-0.2, -0.15) is 0 Å². The van der Waals surface area contributed by atoms with Crippen molar-refractivity contribution in [3.8, 4) is 11.5 Å². The molecule has 0 aliphatic rings. The van der Waals surface area contributed by atoms with Gasteiger partial charge in [-0.15, -0.1) is 0 Å². The van der Waals surface area contributed by atoms with E-state index in [1.807, 2.05) is 38.1 Å². The molecule has 0 aliphatic heterocycles. The van der Waals surface area contributed by atoms with Crippen molar-refractivity contribution in [2.45, 2.75) is 18.7 Å². The van der Waals surface area contributed by atoms with Crippen molar-refractivity contribution in [3.05, 3.63) is 78.4 Å². The predicted octanol–water partition coefficient (Wildman–Crippen LogP) is 4.24. The van der Waals surface area contributed by atoms with E-state index in [4.69, 9.17) is 9.47 Å². The van der Waals surface area contributed by atoms with Crippen molar-refractivity contribution in [3.63, 3.8) is 0 Å². The van der Waals surface area contributed by atoms with Crippen LogP contribution in [0.25, 0.3) is 0 Å². The number of aryl methyl sites for hydroxylation is 1. The number of carbonyl (C=O) groups is 1. The van der Waals surface area contributed by atoms with Gasteiger partial charge in [-0.3, -0.25) is 9.10 Å². The molecule has 0 unspecified atom stereocenters. The van der Waals surface area contributed by atoms with Gasteiger partial charge in [0.25, 0.3) is 15.9 Å². The van der Waals surface area contributed by atoms with Crippen LogP contribution < -0.4 is 19.1 Å². The van der Waals surface area contributed by atoms with Crippen LogP contribution in [0.5, 0.6) is 11.5 Å². The number of sulfonamides is 1. The smallest absolute Gasteiger partial charge is 0.264 e. The highest BCUT2D eigenvalue weighted by molar-refractivity contribution is 7.92. The number of nitrogens with zero attached hydrogens (tertiary/aromatic N) is 1. The van der Waals surface area contributed by atoms with Gasteiger partial charge in [0.1, 0.15) is 11.5 Å². The Morgan fingerprint density at radius 2 is 1.50 bits per heavy atom. The Morgan fingerprint density at radius 1 is 0.906 bits per heavy atom. The molecule has 0 fully saturated rings. The van der Waals surface area contributed by atoms with Crippen molar-refractivity contribution in [1.29, 1.82) is 0 Å². The Morgan fingerprint density at radius 3 is 2.12 bits per heavy atom. The Kier molecular flexibility index (Phi) is 7.37. The van der Waals surface area contributed by atoms with Crippen LogP contribution in [-0.2, 0) is 14.8 Å². The summed E-state index contributed by atoms with van der Waals surface area (Å²) in [5.41, 5.74) is 2.16. The van der Waals surface area contributed by atoms with E-state index in [2.05, 4.69) is 5.32 Å². The molecule has 0 saturated heterocycles. The number of amides is 1. The zero-order valence-electron chi connectivity index (χ0n) is 18.2. The highest BCUT2D eigenvalue weighted by Gasteiger charge is 2.21. The number of hydrogen-bond acceptors (Lipinski definition) is 5. The maximum Gasteiger partial charge on any atom is 0.264 e.